The van der Waals surface area contributed by atoms with E-state index in [2.05, 4.69) is 68.7 Å². The number of aromatic nitrogens is 4. The molecule has 5 aromatic rings. The van der Waals surface area contributed by atoms with Crippen molar-refractivity contribution >= 4 is 45.8 Å². The molecule has 2 aromatic heterocycles. The molecule has 2 saturated heterocycles. The summed E-state index contributed by atoms with van der Waals surface area (Å²) in [7, 11) is 4.23. The number of likely N-dealkylation sites (tertiary alicyclic amines) is 2. The number of imidazole rings is 2. The predicted octanol–water partition coefficient (Wildman–Crippen LogP) is 6.77. The molecule has 0 unspecified atom stereocenters. The average molecular weight is 835 g/mol. The Balaban J connectivity index is 1.05. The van der Waals surface area contributed by atoms with Crippen LogP contribution >= 0.6 is 0 Å². The van der Waals surface area contributed by atoms with Crippen molar-refractivity contribution in [2.24, 2.45) is 11.8 Å². The lowest BCUT2D eigenvalue weighted by Gasteiger charge is -2.31. The largest absolute Gasteiger partial charge is 0.488 e. The number of rotatable bonds is 12. The van der Waals surface area contributed by atoms with E-state index in [1.807, 2.05) is 29.7 Å². The lowest BCUT2D eigenvalue weighted by molar-refractivity contribution is -0.136. The second kappa shape index (κ2) is 17.4. The minimum atomic E-state index is -0.739. The molecule has 0 radical (unpaired) electrons. The van der Waals surface area contributed by atoms with Gasteiger partial charge in [-0.05, 0) is 77.9 Å². The lowest BCUT2D eigenvalue weighted by Crippen LogP contribution is -2.51. The standard InChI is InChI=1S/C45H54N8O8/c1-7-24(3)39(51-45(57)60-6)43(55)52-21-25(22-58-4)15-36(52)41-46-19-34(49-41)27-9-12-30-28(16-27)23-61-37-18-31-26(17-32(30)37)10-13-33-40(31)50-42(48-33)35-14-11-29(8-2)53(35)38(54)20-47-44(56)59-5/h9-10,12-13,16-19,24-25,29,35-36,39H,7-8,11,14-15,20-23H2,1-6H3,(H,46,49)(H,47,56)(H,48,50)(H,51,57)/t24-,25-,29-,35-,36-,39-/m0/s1. The van der Waals surface area contributed by atoms with Crippen LogP contribution in [0.5, 0.6) is 5.75 Å². The number of nitrogens with zero attached hydrogens (tertiary/aromatic N) is 4. The van der Waals surface area contributed by atoms with Crippen LogP contribution in [0.4, 0.5) is 9.59 Å². The minimum absolute atomic E-state index is 0.0472. The van der Waals surface area contributed by atoms with Gasteiger partial charge in [0.15, 0.2) is 0 Å². The number of hydrogen-bond acceptors (Lipinski definition) is 10. The number of benzene rings is 3. The Morgan fingerprint density at radius 3 is 2.52 bits per heavy atom. The van der Waals surface area contributed by atoms with Crippen molar-refractivity contribution in [1.82, 2.24) is 40.4 Å². The van der Waals surface area contributed by atoms with Crippen molar-refractivity contribution in [3.05, 3.63) is 65.9 Å². The first-order valence-corrected chi connectivity index (χ1v) is 21.1. The number of ether oxygens (including phenoxy) is 4. The molecule has 8 rings (SSSR count). The zero-order valence-electron chi connectivity index (χ0n) is 35.5. The summed E-state index contributed by atoms with van der Waals surface area (Å²) in [5.41, 5.74) is 6.53. The van der Waals surface area contributed by atoms with Crippen LogP contribution in [0.15, 0.2) is 48.7 Å². The highest BCUT2D eigenvalue weighted by Crippen LogP contribution is 2.44. The van der Waals surface area contributed by atoms with E-state index in [0.29, 0.717) is 38.4 Å². The molecular weight excluding hydrogens is 781 g/mol. The molecule has 3 aliphatic heterocycles. The third-order valence-corrected chi connectivity index (χ3v) is 12.7. The number of aromatic amines is 2. The predicted molar refractivity (Wildman–Crippen MR) is 227 cm³/mol. The molecule has 3 aliphatic rings. The summed E-state index contributed by atoms with van der Waals surface area (Å²) in [5, 5.41) is 7.25. The van der Waals surface area contributed by atoms with Gasteiger partial charge in [0, 0.05) is 36.6 Å². The SMILES string of the molecule is CC[C@H]1CC[C@@H](c2nc3c(ccc4cc5c(cc43)OCc3cc(-c4cnc([C@@H]6C[C@H](COC)CN6C(=O)[C@@H](NC(=O)OC)[C@@H](C)CC)[nH]4)ccc3-5)[nH]2)N1C(=O)CNC(=O)OC. The van der Waals surface area contributed by atoms with E-state index in [4.69, 9.17) is 24.2 Å². The summed E-state index contributed by atoms with van der Waals surface area (Å²) >= 11 is 0. The Hall–Kier alpha value is -6.16. The fourth-order valence-corrected chi connectivity index (χ4v) is 9.35. The Morgan fingerprint density at radius 2 is 1.77 bits per heavy atom. The molecule has 61 heavy (non-hydrogen) atoms. The normalized spacial score (nSPS) is 20.5. The lowest BCUT2D eigenvalue weighted by atomic mass is 9.92. The van der Waals surface area contributed by atoms with Crippen molar-refractivity contribution in [3.63, 3.8) is 0 Å². The Morgan fingerprint density at radius 1 is 0.951 bits per heavy atom. The number of methoxy groups -OCH3 is 3. The topological polar surface area (TPSA) is 193 Å². The van der Waals surface area contributed by atoms with E-state index in [1.54, 1.807) is 13.3 Å². The van der Waals surface area contributed by atoms with Gasteiger partial charge in [-0.3, -0.25) is 9.59 Å². The van der Waals surface area contributed by atoms with Crippen molar-refractivity contribution in [1.29, 1.82) is 0 Å². The molecule has 0 spiro atoms. The second-order valence-electron chi connectivity index (χ2n) is 16.4. The summed E-state index contributed by atoms with van der Waals surface area (Å²) < 4.78 is 21.5. The summed E-state index contributed by atoms with van der Waals surface area (Å²) in [5.74, 6) is 1.82. The Bertz CT molecular complexity index is 2460. The van der Waals surface area contributed by atoms with Gasteiger partial charge >= 0.3 is 12.2 Å². The summed E-state index contributed by atoms with van der Waals surface area (Å²) in [6.45, 7) is 7.21. The number of carbonyl (C=O) groups is 4. The number of hydrogen-bond donors (Lipinski definition) is 4. The highest BCUT2D eigenvalue weighted by molar-refractivity contribution is 6.07. The van der Waals surface area contributed by atoms with Gasteiger partial charge in [-0.2, -0.15) is 0 Å². The molecule has 2 fully saturated rings. The first-order chi connectivity index (χ1) is 29.5. The minimum Gasteiger partial charge on any atom is -0.488 e. The van der Waals surface area contributed by atoms with Crippen LogP contribution in [0.25, 0.3) is 44.2 Å². The van der Waals surface area contributed by atoms with E-state index in [9.17, 15) is 19.2 Å². The molecule has 0 aliphatic carbocycles. The van der Waals surface area contributed by atoms with Gasteiger partial charge in [0.1, 0.15) is 36.6 Å². The van der Waals surface area contributed by atoms with Crippen LogP contribution in [-0.4, -0.2) is 107 Å². The van der Waals surface area contributed by atoms with Crippen molar-refractivity contribution in [3.8, 4) is 28.1 Å². The maximum atomic E-state index is 14.1. The molecule has 5 heterocycles. The van der Waals surface area contributed by atoms with E-state index in [1.165, 1.54) is 14.2 Å². The monoisotopic (exact) mass is 834 g/mol. The molecule has 4 N–H and O–H groups in total. The molecule has 6 atom stereocenters. The number of carbonyl (C=O) groups excluding carboxylic acids is 4. The number of nitrogens with one attached hydrogen (secondary N) is 4. The quantitative estimate of drug-likeness (QED) is 0.104. The zero-order valence-corrected chi connectivity index (χ0v) is 35.5. The number of alkyl carbamates (subject to hydrolysis) is 2. The third-order valence-electron chi connectivity index (χ3n) is 12.7. The fraction of sp³-hybridized carbons (Fsp3) is 0.467. The third kappa shape index (κ3) is 7.96. The van der Waals surface area contributed by atoms with Gasteiger partial charge in [-0.15, -0.1) is 0 Å². The van der Waals surface area contributed by atoms with Gasteiger partial charge < -0.3 is 49.3 Å². The first-order valence-electron chi connectivity index (χ1n) is 21.1. The van der Waals surface area contributed by atoms with Crippen LogP contribution in [0, 0.1) is 11.8 Å². The van der Waals surface area contributed by atoms with E-state index in [-0.39, 0.29) is 48.3 Å². The van der Waals surface area contributed by atoms with Crippen molar-refractivity contribution in [2.75, 3.05) is 41.0 Å². The van der Waals surface area contributed by atoms with Crippen LogP contribution in [0.3, 0.4) is 0 Å². The van der Waals surface area contributed by atoms with Gasteiger partial charge in [0.2, 0.25) is 11.8 Å². The van der Waals surface area contributed by atoms with Crippen LogP contribution in [0.1, 0.15) is 82.2 Å². The number of amides is 4. The molecule has 322 valence electrons. The van der Waals surface area contributed by atoms with Gasteiger partial charge in [-0.25, -0.2) is 19.6 Å². The van der Waals surface area contributed by atoms with Gasteiger partial charge in [0.05, 0.1) is 55.8 Å². The number of fused-ring (bicyclic) bond motifs is 6. The maximum absolute atomic E-state index is 14.1. The summed E-state index contributed by atoms with van der Waals surface area (Å²) in [6, 6.07) is 13.3. The maximum Gasteiger partial charge on any atom is 0.407 e. The molecule has 3 aromatic carbocycles. The van der Waals surface area contributed by atoms with E-state index >= 15 is 0 Å². The zero-order chi connectivity index (χ0) is 42.9. The molecular formula is C45H54N8O8. The Labute approximate surface area is 354 Å². The first kappa shape index (κ1) is 41.6. The Kier molecular flexibility index (Phi) is 11.9. The van der Waals surface area contributed by atoms with E-state index in [0.717, 1.165) is 80.6 Å². The fourth-order valence-electron chi connectivity index (χ4n) is 9.35. The van der Waals surface area contributed by atoms with Crippen molar-refractivity contribution in [2.45, 2.75) is 83.6 Å². The highest BCUT2D eigenvalue weighted by Gasteiger charge is 2.42. The van der Waals surface area contributed by atoms with Crippen LogP contribution in [-0.2, 0) is 30.4 Å². The van der Waals surface area contributed by atoms with Crippen LogP contribution in [0.2, 0.25) is 0 Å². The molecule has 0 saturated carbocycles. The van der Waals surface area contributed by atoms with Crippen molar-refractivity contribution < 1.29 is 38.1 Å². The molecule has 16 nitrogen and oxygen atoms in total. The highest BCUT2D eigenvalue weighted by atomic mass is 16.5. The molecule has 0 bridgehead atoms. The smallest absolute Gasteiger partial charge is 0.407 e. The molecule has 4 amide bonds. The van der Waals surface area contributed by atoms with Gasteiger partial charge in [0.25, 0.3) is 0 Å². The van der Waals surface area contributed by atoms with Gasteiger partial charge in [-0.1, -0.05) is 45.4 Å². The molecule has 16 heteroatoms. The van der Waals surface area contributed by atoms with Crippen LogP contribution < -0.4 is 15.4 Å². The number of H-pyrrole nitrogens is 2. The summed E-state index contributed by atoms with van der Waals surface area (Å²) in [6.07, 6.45) is 4.30. The second-order valence-corrected chi connectivity index (χ2v) is 16.4. The summed E-state index contributed by atoms with van der Waals surface area (Å²) in [4.78, 5) is 72.0. The van der Waals surface area contributed by atoms with E-state index < -0.39 is 18.2 Å². The average Bonchev–Trinajstić information content (AvgIpc) is 4.11.